The van der Waals surface area contributed by atoms with Gasteiger partial charge in [-0.25, -0.2) is 8.42 Å². The molecular weight excluding hydrogens is 322 g/mol. The van der Waals surface area contributed by atoms with Crippen LogP contribution in [-0.2, 0) is 23.5 Å². The molecule has 0 radical (unpaired) electrons. The molecule has 0 saturated carbocycles. The number of fused-ring (bicyclic) bond motifs is 1. The van der Waals surface area contributed by atoms with Crippen LogP contribution < -0.4 is 9.11 Å². The third-order valence-corrected chi connectivity index (χ3v) is 5.56. The van der Waals surface area contributed by atoms with E-state index >= 15 is 0 Å². The van der Waals surface area contributed by atoms with E-state index in [2.05, 4.69) is 4.99 Å². The average molecular weight is 337 g/mol. The first-order valence-corrected chi connectivity index (χ1v) is 9.39. The normalized spacial score (nSPS) is 15.2. The number of amides is 1. The number of nitrogens with zero attached hydrogens (tertiary/aromatic N) is 3. The first kappa shape index (κ1) is 15.0. The summed E-state index contributed by atoms with van der Waals surface area (Å²) in [5.74, 6) is -0.321. The van der Waals surface area contributed by atoms with E-state index in [1.54, 1.807) is 22.8 Å². The van der Waals surface area contributed by atoms with Gasteiger partial charge in [0.05, 0.1) is 11.9 Å². The molecule has 1 aromatic carbocycles. The second-order valence-electron chi connectivity index (χ2n) is 5.14. The van der Waals surface area contributed by atoms with Gasteiger partial charge >= 0.3 is 0 Å². The monoisotopic (exact) mass is 337 g/mol. The number of benzene rings is 1. The Kier molecular flexibility index (Phi) is 3.65. The number of rotatable bonds is 2. The summed E-state index contributed by atoms with van der Waals surface area (Å²) >= 11 is 1.39. The summed E-state index contributed by atoms with van der Waals surface area (Å²) < 4.78 is 26.6. The van der Waals surface area contributed by atoms with Gasteiger partial charge in [-0.15, -0.1) is 11.3 Å². The largest absolute Gasteiger partial charge is 0.327 e. The number of sulfonamides is 1. The van der Waals surface area contributed by atoms with Crippen molar-refractivity contribution in [3.63, 3.8) is 0 Å². The van der Waals surface area contributed by atoms with Crippen LogP contribution in [0.5, 0.6) is 0 Å². The minimum Gasteiger partial charge on any atom is -0.327 e. The predicted molar refractivity (Wildman–Crippen MR) is 85.5 cm³/mol. The summed E-state index contributed by atoms with van der Waals surface area (Å²) in [6.45, 7) is 0.419. The van der Waals surface area contributed by atoms with Gasteiger partial charge in [0, 0.05) is 30.7 Å². The third-order valence-electron chi connectivity index (χ3n) is 3.54. The lowest BCUT2D eigenvalue weighted by Crippen LogP contribution is -2.27. The minimum atomic E-state index is -3.27. The van der Waals surface area contributed by atoms with Crippen molar-refractivity contribution in [2.45, 2.75) is 6.42 Å². The van der Waals surface area contributed by atoms with E-state index in [4.69, 9.17) is 0 Å². The Morgan fingerprint density at radius 3 is 2.77 bits per heavy atom. The van der Waals surface area contributed by atoms with Gasteiger partial charge in [0.15, 0.2) is 4.80 Å². The molecule has 0 saturated heterocycles. The smallest absolute Gasteiger partial charge is 0.279 e. The highest BCUT2D eigenvalue weighted by molar-refractivity contribution is 7.92. The van der Waals surface area contributed by atoms with Gasteiger partial charge in [0.1, 0.15) is 0 Å². The molecule has 6 nitrogen and oxygen atoms in total. The zero-order valence-corrected chi connectivity index (χ0v) is 13.8. The molecule has 1 aromatic heterocycles. The molecular formula is C14H15N3O3S2. The molecule has 0 spiro atoms. The quantitative estimate of drug-likeness (QED) is 0.825. The molecule has 1 aliphatic rings. The van der Waals surface area contributed by atoms with E-state index in [1.165, 1.54) is 21.9 Å². The van der Waals surface area contributed by atoms with Gasteiger partial charge < -0.3 is 4.57 Å². The average Bonchev–Trinajstić information content (AvgIpc) is 3.04. The molecule has 1 amide bonds. The number of carbonyl (C=O) groups is 1. The summed E-state index contributed by atoms with van der Waals surface area (Å²) in [4.78, 5) is 17.0. The Labute approximate surface area is 132 Å². The Bertz CT molecular complexity index is 909. The number of thiazole rings is 1. The third kappa shape index (κ3) is 2.71. The zero-order valence-electron chi connectivity index (χ0n) is 12.2. The Morgan fingerprint density at radius 2 is 2.14 bits per heavy atom. The summed E-state index contributed by atoms with van der Waals surface area (Å²) in [5, 5.41) is 1.86. The molecule has 3 rings (SSSR count). The molecule has 22 heavy (non-hydrogen) atoms. The van der Waals surface area contributed by atoms with Crippen LogP contribution in [0.25, 0.3) is 0 Å². The van der Waals surface area contributed by atoms with Crippen molar-refractivity contribution in [1.82, 2.24) is 4.57 Å². The number of anilines is 1. The highest BCUT2D eigenvalue weighted by Gasteiger charge is 2.26. The molecule has 2 heterocycles. The summed E-state index contributed by atoms with van der Waals surface area (Å²) in [7, 11) is -1.44. The van der Waals surface area contributed by atoms with Crippen molar-refractivity contribution in [1.29, 1.82) is 0 Å². The molecule has 0 fully saturated rings. The minimum absolute atomic E-state index is 0.321. The number of hydrogen-bond donors (Lipinski definition) is 0. The van der Waals surface area contributed by atoms with Gasteiger partial charge in [-0.1, -0.05) is 0 Å². The first-order valence-electron chi connectivity index (χ1n) is 6.66. The van der Waals surface area contributed by atoms with Gasteiger partial charge in [-0.3, -0.25) is 9.10 Å². The molecule has 0 bridgehead atoms. The Morgan fingerprint density at radius 1 is 1.36 bits per heavy atom. The topological polar surface area (TPSA) is 71.7 Å². The molecule has 0 unspecified atom stereocenters. The molecule has 0 aliphatic carbocycles. The van der Waals surface area contributed by atoms with Crippen LogP contribution in [0.15, 0.2) is 34.8 Å². The lowest BCUT2D eigenvalue weighted by molar-refractivity contribution is 0.0998. The van der Waals surface area contributed by atoms with E-state index in [1.807, 2.05) is 18.6 Å². The van der Waals surface area contributed by atoms with E-state index in [9.17, 15) is 13.2 Å². The number of aromatic nitrogens is 1. The van der Waals surface area contributed by atoms with Crippen LogP contribution in [0.3, 0.4) is 0 Å². The van der Waals surface area contributed by atoms with Crippen LogP contribution >= 0.6 is 11.3 Å². The SMILES string of the molecule is Cn1ccsc1=NC(=O)c1ccc2c(c1)CCN2S(C)(=O)=O. The highest BCUT2D eigenvalue weighted by Crippen LogP contribution is 2.30. The van der Waals surface area contributed by atoms with Crippen molar-refractivity contribution in [2.75, 3.05) is 17.1 Å². The van der Waals surface area contributed by atoms with E-state index < -0.39 is 10.0 Å². The summed E-state index contributed by atoms with van der Waals surface area (Å²) in [6.07, 6.45) is 3.63. The first-order chi connectivity index (χ1) is 10.4. The number of carbonyl (C=O) groups excluding carboxylic acids is 1. The van der Waals surface area contributed by atoms with Crippen LogP contribution in [0, 0.1) is 0 Å². The van der Waals surface area contributed by atoms with Crippen LogP contribution in [0.4, 0.5) is 5.69 Å². The van der Waals surface area contributed by atoms with Gasteiger partial charge in [0.25, 0.3) is 5.91 Å². The number of aryl methyl sites for hydroxylation is 1. The van der Waals surface area contributed by atoms with Crippen LogP contribution in [-0.4, -0.2) is 31.7 Å². The van der Waals surface area contributed by atoms with Gasteiger partial charge in [-0.05, 0) is 30.2 Å². The van der Waals surface area contributed by atoms with E-state index in [0.29, 0.717) is 29.0 Å². The molecule has 0 N–H and O–H groups in total. The fourth-order valence-electron chi connectivity index (χ4n) is 2.44. The second-order valence-corrected chi connectivity index (χ2v) is 7.92. The molecule has 2 aromatic rings. The van der Waals surface area contributed by atoms with Crippen molar-refractivity contribution >= 4 is 33.0 Å². The summed E-state index contributed by atoms with van der Waals surface area (Å²) in [5.41, 5.74) is 1.99. The van der Waals surface area contributed by atoms with Crippen molar-refractivity contribution in [3.8, 4) is 0 Å². The molecule has 1 aliphatic heterocycles. The van der Waals surface area contributed by atoms with Crippen LogP contribution in [0.2, 0.25) is 0 Å². The Balaban J connectivity index is 1.96. The maximum atomic E-state index is 12.2. The van der Waals surface area contributed by atoms with Crippen molar-refractivity contribution in [2.24, 2.45) is 12.0 Å². The molecule has 0 atom stereocenters. The fourth-order valence-corrected chi connectivity index (χ4v) is 4.12. The second kappa shape index (κ2) is 5.36. The van der Waals surface area contributed by atoms with E-state index in [0.717, 1.165) is 5.56 Å². The van der Waals surface area contributed by atoms with Crippen molar-refractivity contribution < 1.29 is 13.2 Å². The molecule has 8 heteroatoms. The number of hydrogen-bond acceptors (Lipinski definition) is 4. The predicted octanol–water partition coefficient (Wildman–Crippen LogP) is 1.15. The Hall–Kier alpha value is -1.93. The van der Waals surface area contributed by atoms with E-state index in [-0.39, 0.29) is 5.91 Å². The maximum absolute atomic E-state index is 12.2. The fraction of sp³-hybridized carbons (Fsp3) is 0.286. The molecule has 116 valence electrons. The highest BCUT2D eigenvalue weighted by atomic mass is 32.2. The summed E-state index contributed by atoms with van der Waals surface area (Å²) in [6, 6.07) is 5.04. The van der Waals surface area contributed by atoms with Crippen LogP contribution in [0.1, 0.15) is 15.9 Å². The zero-order chi connectivity index (χ0) is 15.9. The lowest BCUT2D eigenvalue weighted by atomic mass is 10.1. The standard InChI is InChI=1S/C14H15N3O3S2/c1-16-7-8-21-14(16)15-13(18)11-3-4-12-10(9-11)5-6-17(12)22(2,19)20/h3-4,7-9H,5-6H2,1-2H3. The van der Waals surface area contributed by atoms with Gasteiger partial charge in [-0.2, -0.15) is 4.99 Å². The lowest BCUT2D eigenvalue weighted by Gasteiger charge is -2.16. The van der Waals surface area contributed by atoms with Gasteiger partial charge in [0.2, 0.25) is 10.0 Å². The maximum Gasteiger partial charge on any atom is 0.279 e. The van der Waals surface area contributed by atoms with Crippen molar-refractivity contribution in [3.05, 3.63) is 45.7 Å².